The quantitative estimate of drug-likeness (QED) is 0.720. The van der Waals surface area contributed by atoms with Crippen molar-refractivity contribution >= 4 is 17.4 Å². The van der Waals surface area contributed by atoms with E-state index >= 15 is 0 Å². The fourth-order valence-electron chi connectivity index (χ4n) is 1.86. The third-order valence-electron chi connectivity index (χ3n) is 2.75. The minimum Gasteiger partial charge on any atom is -0.384 e. The number of hydrogen-bond acceptors (Lipinski definition) is 2. The third kappa shape index (κ3) is 3.75. The molecule has 1 rings (SSSR count). The third-order valence-corrected chi connectivity index (χ3v) is 3.65. The first-order valence-electron chi connectivity index (χ1n) is 6.25. The number of anilines is 1. The Balaban J connectivity index is 2.67. The molecule has 0 heterocycles. The first-order chi connectivity index (χ1) is 7.83. The van der Waals surface area contributed by atoms with Gasteiger partial charge in [0, 0.05) is 18.0 Å². The van der Waals surface area contributed by atoms with Crippen LogP contribution >= 0.6 is 11.8 Å². The molecule has 0 radical (unpaired) electrons. The van der Waals surface area contributed by atoms with Crippen molar-refractivity contribution in [2.75, 3.05) is 23.4 Å². The molecule has 0 saturated heterocycles. The van der Waals surface area contributed by atoms with E-state index in [0.29, 0.717) is 0 Å². The molecule has 16 heavy (non-hydrogen) atoms. The van der Waals surface area contributed by atoms with E-state index in [1.165, 1.54) is 28.3 Å². The van der Waals surface area contributed by atoms with Gasteiger partial charge in [-0.3, -0.25) is 0 Å². The van der Waals surface area contributed by atoms with Crippen LogP contribution in [0.15, 0.2) is 18.2 Å². The molecule has 0 fully saturated rings. The van der Waals surface area contributed by atoms with Gasteiger partial charge in [-0.2, -0.15) is 11.8 Å². The van der Waals surface area contributed by atoms with Crippen molar-refractivity contribution in [3.63, 3.8) is 0 Å². The Bertz CT molecular complexity index is 287. The monoisotopic (exact) mass is 237 g/mol. The second kappa shape index (κ2) is 7.61. The summed E-state index contributed by atoms with van der Waals surface area (Å²) >= 11 is 1.99. The molecule has 0 atom stereocenters. The van der Waals surface area contributed by atoms with Crippen molar-refractivity contribution in [3.8, 4) is 0 Å². The predicted octanol–water partition coefficient (Wildman–Crippen LogP) is 3.98. The molecule has 1 aromatic rings. The minimum atomic E-state index is 1.07. The molecule has 1 N–H and O–H groups in total. The second-order valence-corrected chi connectivity index (χ2v) is 5.18. The predicted molar refractivity (Wildman–Crippen MR) is 76.7 cm³/mol. The summed E-state index contributed by atoms with van der Waals surface area (Å²) < 4.78 is 0. The zero-order valence-corrected chi connectivity index (χ0v) is 11.5. The van der Waals surface area contributed by atoms with Gasteiger partial charge in [0.1, 0.15) is 0 Å². The lowest BCUT2D eigenvalue weighted by molar-refractivity contribution is 1.07. The summed E-state index contributed by atoms with van der Waals surface area (Å²) in [6.45, 7) is 7.73. The SMILES string of the molecule is CCSCCNc1c(CC)cccc1CC. The fourth-order valence-corrected chi connectivity index (χ4v) is 2.40. The summed E-state index contributed by atoms with van der Waals surface area (Å²) in [5.41, 5.74) is 4.27. The van der Waals surface area contributed by atoms with Crippen LogP contribution in [0, 0.1) is 0 Å². The molecule has 1 nitrogen and oxygen atoms in total. The molecule has 0 aliphatic rings. The van der Waals surface area contributed by atoms with Crippen LogP contribution in [0.3, 0.4) is 0 Å². The summed E-state index contributed by atoms with van der Waals surface area (Å²) in [6, 6.07) is 6.63. The number of hydrogen-bond donors (Lipinski definition) is 1. The fraction of sp³-hybridized carbons (Fsp3) is 0.571. The van der Waals surface area contributed by atoms with Gasteiger partial charge in [0.25, 0.3) is 0 Å². The van der Waals surface area contributed by atoms with Crippen molar-refractivity contribution in [1.82, 2.24) is 0 Å². The van der Waals surface area contributed by atoms with Gasteiger partial charge in [-0.05, 0) is 29.7 Å². The summed E-state index contributed by atoms with van der Waals surface area (Å²) in [6.07, 6.45) is 2.22. The van der Waals surface area contributed by atoms with E-state index in [0.717, 1.165) is 19.4 Å². The largest absolute Gasteiger partial charge is 0.384 e. The van der Waals surface area contributed by atoms with Crippen LogP contribution < -0.4 is 5.32 Å². The number of benzene rings is 1. The maximum Gasteiger partial charge on any atom is 0.0405 e. The maximum atomic E-state index is 3.60. The Morgan fingerprint density at radius 1 is 1.06 bits per heavy atom. The summed E-state index contributed by atoms with van der Waals surface area (Å²) in [4.78, 5) is 0. The summed E-state index contributed by atoms with van der Waals surface area (Å²) in [7, 11) is 0. The zero-order valence-electron chi connectivity index (χ0n) is 10.7. The van der Waals surface area contributed by atoms with Gasteiger partial charge in [0.05, 0.1) is 0 Å². The molecule has 0 bridgehead atoms. The van der Waals surface area contributed by atoms with E-state index in [-0.39, 0.29) is 0 Å². The van der Waals surface area contributed by atoms with Crippen LogP contribution in [-0.2, 0) is 12.8 Å². The number of aryl methyl sites for hydroxylation is 2. The van der Waals surface area contributed by atoms with Crippen molar-refractivity contribution in [3.05, 3.63) is 29.3 Å². The van der Waals surface area contributed by atoms with Gasteiger partial charge in [-0.25, -0.2) is 0 Å². The van der Waals surface area contributed by atoms with Gasteiger partial charge in [-0.15, -0.1) is 0 Å². The van der Waals surface area contributed by atoms with Crippen LogP contribution in [0.1, 0.15) is 31.9 Å². The number of nitrogens with one attached hydrogen (secondary N) is 1. The molecule has 0 aromatic heterocycles. The van der Waals surface area contributed by atoms with E-state index in [1.807, 2.05) is 11.8 Å². The molecule has 0 spiro atoms. The Labute approximate surface area is 104 Å². The summed E-state index contributed by atoms with van der Waals surface area (Å²) in [5, 5.41) is 3.60. The van der Waals surface area contributed by atoms with Crippen molar-refractivity contribution in [1.29, 1.82) is 0 Å². The Kier molecular flexibility index (Phi) is 6.39. The average Bonchev–Trinajstić information content (AvgIpc) is 2.34. The van der Waals surface area contributed by atoms with Gasteiger partial charge in [0.2, 0.25) is 0 Å². The number of para-hydroxylation sites is 1. The molecule has 90 valence electrons. The van der Waals surface area contributed by atoms with E-state index in [4.69, 9.17) is 0 Å². The van der Waals surface area contributed by atoms with E-state index in [2.05, 4.69) is 44.3 Å². The van der Waals surface area contributed by atoms with Crippen molar-refractivity contribution in [2.45, 2.75) is 33.6 Å². The lowest BCUT2D eigenvalue weighted by atomic mass is 10.0. The number of thioether (sulfide) groups is 1. The van der Waals surface area contributed by atoms with E-state index in [9.17, 15) is 0 Å². The average molecular weight is 237 g/mol. The van der Waals surface area contributed by atoms with Crippen molar-refractivity contribution in [2.24, 2.45) is 0 Å². The standard InChI is InChI=1S/C14H23NS/c1-4-12-8-7-9-13(5-2)14(12)15-10-11-16-6-3/h7-9,15H,4-6,10-11H2,1-3H3. The topological polar surface area (TPSA) is 12.0 Å². The Morgan fingerprint density at radius 2 is 1.69 bits per heavy atom. The Morgan fingerprint density at radius 3 is 2.19 bits per heavy atom. The highest BCUT2D eigenvalue weighted by atomic mass is 32.2. The lowest BCUT2D eigenvalue weighted by Gasteiger charge is -2.15. The molecular formula is C14H23NS. The highest BCUT2D eigenvalue weighted by molar-refractivity contribution is 7.99. The second-order valence-electron chi connectivity index (χ2n) is 3.78. The van der Waals surface area contributed by atoms with E-state index in [1.54, 1.807) is 0 Å². The van der Waals surface area contributed by atoms with Crippen LogP contribution in [0.5, 0.6) is 0 Å². The van der Waals surface area contributed by atoms with Gasteiger partial charge in [-0.1, -0.05) is 39.0 Å². The normalized spacial score (nSPS) is 10.4. The van der Waals surface area contributed by atoms with Gasteiger partial charge < -0.3 is 5.32 Å². The van der Waals surface area contributed by atoms with Crippen LogP contribution in [0.4, 0.5) is 5.69 Å². The van der Waals surface area contributed by atoms with Crippen LogP contribution in [0.25, 0.3) is 0 Å². The summed E-state index contributed by atoms with van der Waals surface area (Å²) in [5.74, 6) is 2.40. The number of rotatable bonds is 7. The molecule has 2 heteroatoms. The van der Waals surface area contributed by atoms with Gasteiger partial charge in [0.15, 0.2) is 0 Å². The smallest absolute Gasteiger partial charge is 0.0405 e. The molecule has 0 unspecified atom stereocenters. The molecular weight excluding hydrogens is 214 g/mol. The minimum absolute atomic E-state index is 1.07. The zero-order chi connectivity index (χ0) is 11.8. The Hall–Kier alpha value is -0.630. The van der Waals surface area contributed by atoms with Crippen LogP contribution in [-0.4, -0.2) is 18.1 Å². The highest BCUT2D eigenvalue weighted by Gasteiger charge is 2.04. The lowest BCUT2D eigenvalue weighted by Crippen LogP contribution is -2.08. The van der Waals surface area contributed by atoms with E-state index < -0.39 is 0 Å². The molecule has 0 aliphatic heterocycles. The molecule has 0 aliphatic carbocycles. The molecule has 0 amide bonds. The first-order valence-corrected chi connectivity index (χ1v) is 7.41. The van der Waals surface area contributed by atoms with Gasteiger partial charge >= 0.3 is 0 Å². The maximum absolute atomic E-state index is 3.60. The van der Waals surface area contributed by atoms with Crippen LogP contribution in [0.2, 0.25) is 0 Å². The molecule has 0 saturated carbocycles. The molecule has 1 aromatic carbocycles. The first kappa shape index (κ1) is 13.4. The van der Waals surface area contributed by atoms with Crippen molar-refractivity contribution < 1.29 is 0 Å². The highest BCUT2D eigenvalue weighted by Crippen LogP contribution is 2.22.